The van der Waals surface area contributed by atoms with Crippen molar-refractivity contribution in [1.82, 2.24) is 81.4 Å². The lowest BCUT2D eigenvalue weighted by Crippen LogP contribution is -2.37. The van der Waals surface area contributed by atoms with Gasteiger partial charge in [-0.05, 0) is 123 Å². The summed E-state index contributed by atoms with van der Waals surface area (Å²) in [6, 6.07) is 8.56. The highest BCUT2D eigenvalue weighted by Gasteiger charge is 2.04. The third-order valence-corrected chi connectivity index (χ3v) is 13.6. The van der Waals surface area contributed by atoms with Gasteiger partial charge in [0.25, 0.3) is 27.8 Å². The van der Waals surface area contributed by atoms with Gasteiger partial charge in [0.15, 0.2) is 0 Å². The zero-order valence-corrected chi connectivity index (χ0v) is 59.9. The molecule has 0 aliphatic carbocycles. The Morgan fingerprint density at radius 1 is 0.376 bits per heavy atom. The van der Waals surface area contributed by atoms with Crippen molar-refractivity contribution >= 4 is 58.4 Å². The molecule has 0 saturated carbocycles. The van der Waals surface area contributed by atoms with E-state index in [0.29, 0.717) is 68.8 Å². The molecule has 0 aliphatic rings. The summed E-state index contributed by atoms with van der Waals surface area (Å²) < 4.78 is 10.7. The number of aromatic nitrogens is 17. The summed E-state index contributed by atoms with van der Waals surface area (Å²) in [5.74, 6) is 4.07. The minimum Gasteiger partial charge on any atom is -0.385 e. The van der Waals surface area contributed by atoms with E-state index in [1.54, 1.807) is 131 Å². The monoisotopic (exact) mass is 1400 g/mol. The molecule has 101 heavy (non-hydrogen) atoms. The number of nitrogens with two attached hydrogens (primary N) is 9. The molecule has 10 aromatic heterocycles. The van der Waals surface area contributed by atoms with E-state index in [4.69, 9.17) is 51.6 Å². The largest absolute Gasteiger partial charge is 0.385 e. The summed E-state index contributed by atoms with van der Waals surface area (Å²) in [5.41, 5.74) is 55.0. The van der Waals surface area contributed by atoms with Crippen LogP contribution >= 0.6 is 0 Å². The van der Waals surface area contributed by atoms with Crippen LogP contribution in [0.4, 0.5) is 58.4 Å². The number of nitrogen functional groups attached to an aromatic ring is 9. The number of nitrogens with zero attached hydrogens (tertiary/aromatic N) is 15. The number of hydrogen-bond donors (Lipinski definition) is 12. The Balaban J connectivity index is 0.00000110. The average Bonchev–Trinajstić information content (AvgIpc) is 0.839. The summed E-state index contributed by atoms with van der Waals surface area (Å²) in [7, 11) is 14.5. The molecule has 37 nitrogen and oxygen atoms in total. The third-order valence-electron chi connectivity index (χ3n) is 13.6. The number of anilines is 10. The Bertz CT molecular complexity index is 4640. The molecule has 0 saturated heterocycles. The summed E-state index contributed by atoms with van der Waals surface area (Å²) in [6.45, 7) is 19.9. The van der Waals surface area contributed by atoms with E-state index in [0.717, 1.165) is 48.1 Å². The molecule has 21 N–H and O–H groups in total. The number of rotatable bonds is 1. The molecule has 0 aromatic carbocycles. The number of aryl methyl sites for hydroxylation is 17. The predicted octanol–water partition coefficient (Wildman–Crippen LogP) is -0.0926. The highest BCUT2D eigenvalue weighted by Crippen LogP contribution is 2.14. The van der Waals surface area contributed by atoms with Gasteiger partial charge in [0.05, 0.1) is 0 Å². The Morgan fingerprint density at radius 3 is 1.14 bits per heavy atom. The van der Waals surface area contributed by atoms with Crippen molar-refractivity contribution in [2.75, 3.05) is 64.0 Å². The maximum Gasteiger partial charge on any atom is 0.349 e. The summed E-state index contributed by atoms with van der Waals surface area (Å²) in [5, 5.41) is 2.77. The third kappa shape index (κ3) is 28.7. The van der Waals surface area contributed by atoms with Crippen molar-refractivity contribution < 1.29 is 0 Å². The van der Waals surface area contributed by atoms with Crippen LogP contribution in [0.15, 0.2) is 122 Å². The zero-order valence-electron chi connectivity index (χ0n) is 59.9. The van der Waals surface area contributed by atoms with Crippen molar-refractivity contribution in [2.24, 2.45) is 56.4 Å². The van der Waals surface area contributed by atoms with Crippen LogP contribution in [0, 0.1) is 76.2 Å². The standard InChI is InChI=1S/C7H11N3.C7H10N2O2.2C7H10N2O.4C6H9N3O.C6H8N2O2.C5H8N4.CH4/c1-4-3-5(2)7(9)10-6(4)8;1-5-4-8(2)7(11)9(3)6(5)10;2*1-4-3-5(2)7(10)9-6(4)8;1-7-5-3-4-9(2)6(10)8-5;1-4-3-9(2)6(7)8-5(4)10;2*1-4-3-9(2)6(10)8-5(4)7;1-7-4-3-5(9)8(2)6(7)10;1-3-2-8-5(7)9-4(3)6;/h3H,1-2H3,(H4,8,9,10);4H,1-3H3;2*3H,1-2H3,(H3,8,9,10);3-4H,1-2H3,(H,7,8,10);3*3H,1-2H3,(H2,7,8,10);3-4H,1-2H3;2H,1H3,(H4,6,7,8,9);1H4. The summed E-state index contributed by atoms with van der Waals surface area (Å²) >= 11 is 0. The number of H-pyrrole nitrogens is 2. The molecule has 10 heterocycles. The van der Waals surface area contributed by atoms with Crippen molar-refractivity contribution in [2.45, 2.75) is 83.6 Å². The predicted molar refractivity (Wildman–Crippen MR) is 400 cm³/mol. The molecular formula is C64H97N27O10. The lowest BCUT2D eigenvalue weighted by molar-refractivity contribution is 0.677. The SMILES string of the molecule is C.CNc1ccn(C)c(=O)n1.Cc1cc(C)c(=O)[nH]c1N.Cc1cc(C)c(=O)[nH]c1N.Cc1cc(C)c(N)nc1N.Cc1cn(C)c(=O)n(C)c1=O.Cc1cn(C)c(=O)nc1N.Cc1cn(C)c(=O)nc1N.Cc1cn(C)c(N)nc1=O.Cc1cnc(N)nc1N.Cn1ccc(=O)n(C)c1=O. The van der Waals surface area contributed by atoms with Crippen LogP contribution in [-0.2, 0) is 56.4 Å². The number of pyridine rings is 3. The van der Waals surface area contributed by atoms with Gasteiger partial charge in [0.1, 0.15) is 46.5 Å². The molecule has 10 aromatic rings. The fraction of sp³-hybridized carbons (Fsp3) is 0.328. The second-order valence-corrected chi connectivity index (χ2v) is 22.2. The molecule has 0 atom stereocenters. The maximum atomic E-state index is 11.1. The van der Waals surface area contributed by atoms with Gasteiger partial charge < -0.3 is 94.3 Å². The van der Waals surface area contributed by atoms with Gasteiger partial charge >= 0.3 is 28.4 Å². The van der Waals surface area contributed by atoms with Gasteiger partial charge in [-0.15, -0.1) is 0 Å². The van der Waals surface area contributed by atoms with E-state index in [1.807, 2.05) is 54.5 Å². The van der Waals surface area contributed by atoms with Gasteiger partial charge in [-0.25, -0.2) is 33.9 Å². The van der Waals surface area contributed by atoms with Crippen LogP contribution in [0.25, 0.3) is 0 Å². The normalized spacial score (nSPS) is 9.66. The Hall–Kier alpha value is -13.0. The van der Waals surface area contributed by atoms with E-state index >= 15 is 0 Å². The smallest absolute Gasteiger partial charge is 0.349 e. The molecule has 10 rings (SSSR count). The average molecular weight is 1400 g/mol. The fourth-order valence-corrected chi connectivity index (χ4v) is 7.15. The highest BCUT2D eigenvalue weighted by molar-refractivity contribution is 5.50. The second kappa shape index (κ2) is 40.5. The second-order valence-electron chi connectivity index (χ2n) is 22.2. The molecule has 548 valence electrons. The van der Waals surface area contributed by atoms with Crippen LogP contribution in [0.1, 0.15) is 68.6 Å². The fourth-order valence-electron chi connectivity index (χ4n) is 7.15. The lowest BCUT2D eigenvalue weighted by Gasteiger charge is -2.02. The Kier molecular flexibility index (Phi) is 35.3. The van der Waals surface area contributed by atoms with Gasteiger partial charge in [-0.2, -0.15) is 24.9 Å². The van der Waals surface area contributed by atoms with Crippen molar-refractivity contribution in [3.63, 3.8) is 0 Å². The van der Waals surface area contributed by atoms with Crippen LogP contribution < -0.4 is 113 Å². The minimum absolute atomic E-state index is 0. The first-order chi connectivity index (χ1) is 46.3. The summed E-state index contributed by atoms with van der Waals surface area (Å²) in [4.78, 5) is 139. The van der Waals surface area contributed by atoms with Crippen LogP contribution in [0.5, 0.6) is 0 Å². The quantitative estimate of drug-likeness (QED) is 0.102. The van der Waals surface area contributed by atoms with Gasteiger partial charge in [-0.3, -0.25) is 33.1 Å². The first-order valence-electron chi connectivity index (χ1n) is 29.6. The number of aromatic amines is 2. The Labute approximate surface area is 580 Å². The van der Waals surface area contributed by atoms with Crippen LogP contribution in [0.2, 0.25) is 0 Å². The molecule has 0 fully saturated rings. The molecule has 37 heteroatoms. The van der Waals surface area contributed by atoms with Gasteiger partial charge in [0, 0.05) is 152 Å². The number of nitrogens with one attached hydrogen (secondary N) is 3. The molecular weight excluding hydrogens is 1310 g/mol. The van der Waals surface area contributed by atoms with Gasteiger partial charge in [0.2, 0.25) is 11.9 Å². The molecule has 0 bridgehead atoms. The van der Waals surface area contributed by atoms with E-state index in [1.165, 1.54) is 55.4 Å². The van der Waals surface area contributed by atoms with Crippen LogP contribution in [0.3, 0.4) is 0 Å². The van der Waals surface area contributed by atoms with Gasteiger partial charge in [-0.1, -0.05) is 7.43 Å². The maximum absolute atomic E-state index is 11.1. The first kappa shape index (κ1) is 88.0. The molecule has 0 radical (unpaired) electrons. The molecule has 0 unspecified atom stereocenters. The molecule has 0 spiro atoms. The van der Waals surface area contributed by atoms with Crippen LogP contribution in [-0.4, -0.2) is 88.4 Å². The van der Waals surface area contributed by atoms with Crippen molar-refractivity contribution in [3.8, 4) is 0 Å². The van der Waals surface area contributed by atoms with E-state index < -0.39 is 0 Å². The van der Waals surface area contributed by atoms with E-state index in [9.17, 15) is 47.9 Å². The first-order valence-corrected chi connectivity index (χ1v) is 29.6. The lowest BCUT2D eigenvalue weighted by atomic mass is 10.2. The Morgan fingerprint density at radius 2 is 0.762 bits per heavy atom. The van der Waals surface area contributed by atoms with E-state index in [2.05, 4.69) is 50.2 Å². The summed E-state index contributed by atoms with van der Waals surface area (Å²) in [6.07, 6.45) is 11.2. The molecule has 0 amide bonds. The van der Waals surface area contributed by atoms with E-state index in [-0.39, 0.29) is 75.6 Å². The highest BCUT2D eigenvalue weighted by atomic mass is 16.2. The van der Waals surface area contributed by atoms with Crippen molar-refractivity contribution in [1.29, 1.82) is 0 Å². The topological polar surface area (TPSA) is 578 Å². The number of hydrogen-bond acceptors (Lipinski definition) is 27. The minimum atomic E-state index is -0.317. The molecule has 0 aliphatic heterocycles. The van der Waals surface area contributed by atoms with Crippen molar-refractivity contribution in [3.05, 3.63) is 239 Å². The zero-order chi connectivity index (χ0) is 77.1.